The van der Waals surface area contributed by atoms with E-state index in [1.807, 2.05) is 0 Å². The molecular formula is C15H23NO4S. The molecular weight excluding hydrogens is 290 g/mol. The molecule has 1 aromatic rings. The zero-order valence-corrected chi connectivity index (χ0v) is 13.8. The first-order valence-corrected chi connectivity index (χ1v) is 8.41. The maximum Gasteiger partial charge on any atom is 0.309 e. The van der Waals surface area contributed by atoms with E-state index in [0.29, 0.717) is 19.5 Å². The molecule has 0 heterocycles. The summed E-state index contributed by atoms with van der Waals surface area (Å²) in [7, 11) is -3.46. The van der Waals surface area contributed by atoms with Crippen LogP contribution in [-0.2, 0) is 21.2 Å². The average molecular weight is 313 g/mol. The zero-order chi connectivity index (χ0) is 16.3. The van der Waals surface area contributed by atoms with Crippen molar-refractivity contribution in [2.24, 2.45) is 5.41 Å². The van der Waals surface area contributed by atoms with Crippen LogP contribution in [0.25, 0.3) is 0 Å². The Hall–Kier alpha value is -1.40. The number of sulfonamides is 1. The highest BCUT2D eigenvalue weighted by molar-refractivity contribution is 7.89. The van der Waals surface area contributed by atoms with Gasteiger partial charge in [0.2, 0.25) is 10.0 Å². The predicted molar refractivity (Wildman–Crippen MR) is 81.7 cm³/mol. The van der Waals surface area contributed by atoms with Gasteiger partial charge in [-0.1, -0.05) is 26.0 Å². The minimum absolute atomic E-state index is 0.239. The summed E-state index contributed by atoms with van der Waals surface area (Å²) >= 11 is 0. The maximum atomic E-state index is 12.3. The second kappa shape index (κ2) is 6.58. The molecule has 0 aliphatic rings. The van der Waals surface area contributed by atoms with Crippen molar-refractivity contribution in [2.45, 2.75) is 39.0 Å². The second-order valence-electron chi connectivity index (χ2n) is 5.60. The number of benzene rings is 1. The van der Waals surface area contributed by atoms with E-state index in [0.717, 1.165) is 5.56 Å². The Kier molecular flexibility index (Phi) is 5.53. The molecule has 0 aliphatic heterocycles. The number of rotatable bonds is 7. The summed E-state index contributed by atoms with van der Waals surface area (Å²) in [4.78, 5) is 11.4. The lowest BCUT2D eigenvalue weighted by Crippen LogP contribution is -2.30. The lowest BCUT2D eigenvalue weighted by Gasteiger charge is -2.20. The molecule has 0 atom stereocenters. The van der Waals surface area contributed by atoms with Crippen LogP contribution in [0, 0.1) is 5.41 Å². The average Bonchev–Trinajstić information content (AvgIpc) is 2.39. The number of hydrogen-bond donors (Lipinski definition) is 1. The van der Waals surface area contributed by atoms with Gasteiger partial charge in [0.15, 0.2) is 0 Å². The van der Waals surface area contributed by atoms with Gasteiger partial charge in [0, 0.05) is 13.1 Å². The molecule has 0 amide bonds. The van der Waals surface area contributed by atoms with Crippen LogP contribution >= 0.6 is 0 Å². The standard InChI is InChI=1S/C15H23NO4S/c1-5-16(6-2)21(19,20)13-9-7-12(8-10-13)11-15(3,4)14(17)18/h7-10H,5-6,11H2,1-4H3,(H,17,18). The molecule has 5 nitrogen and oxygen atoms in total. The summed E-state index contributed by atoms with van der Waals surface area (Å²) in [5.41, 5.74) is -0.0693. The van der Waals surface area contributed by atoms with Gasteiger partial charge in [0.25, 0.3) is 0 Å². The molecule has 6 heteroatoms. The van der Waals surface area contributed by atoms with Crippen molar-refractivity contribution in [3.8, 4) is 0 Å². The highest BCUT2D eigenvalue weighted by Gasteiger charge is 2.27. The number of hydrogen-bond acceptors (Lipinski definition) is 3. The van der Waals surface area contributed by atoms with Crippen LogP contribution in [0.15, 0.2) is 29.2 Å². The minimum atomic E-state index is -3.46. The topological polar surface area (TPSA) is 74.7 Å². The third-order valence-electron chi connectivity index (χ3n) is 3.49. The molecule has 0 saturated carbocycles. The SMILES string of the molecule is CCN(CC)S(=O)(=O)c1ccc(CC(C)(C)C(=O)O)cc1. The smallest absolute Gasteiger partial charge is 0.309 e. The molecule has 1 rings (SSSR count). The molecule has 21 heavy (non-hydrogen) atoms. The third kappa shape index (κ3) is 4.04. The molecule has 0 bridgehead atoms. The number of nitrogens with zero attached hydrogens (tertiary/aromatic N) is 1. The van der Waals surface area contributed by atoms with Crippen LogP contribution < -0.4 is 0 Å². The highest BCUT2D eigenvalue weighted by atomic mass is 32.2. The number of carboxylic acid groups (broad SMARTS) is 1. The quantitative estimate of drug-likeness (QED) is 0.838. The Bertz CT molecular complexity index is 587. The molecule has 0 radical (unpaired) electrons. The van der Waals surface area contributed by atoms with E-state index in [2.05, 4.69) is 0 Å². The van der Waals surface area contributed by atoms with Crippen molar-refractivity contribution in [1.82, 2.24) is 4.31 Å². The lowest BCUT2D eigenvalue weighted by molar-refractivity contribution is -0.146. The van der Waals surface area contributed by atoms with Crippen molar-refractivity contribution >= 4 is 16.0 Å². The first kappa shape index (κ1) is 17.7. The molecule has 0 fully saturated rings. The Labute approximate surface area is 126 Å². The molecule has 0 aromatic heterocycles. The monoisotopic (exact) mass is 313 g/mol. The largest absolute Gasteiger partial charge is 0.481 e. The molecule has 0 saturated heterocycles. The Morgan fingerprint density at radius 3 is 2.00 bits per heavy atom. The van der Waals surface area contributed by atoms with Crippen LogP contribution in [0.3, 0.4) is 0 Å². The van der Waals surface area contributed by atoms with Crippen LogP contribution in [-0.4, -0.2) is 36.9 Å². The van der Waals surface area contributed by atoms with Crippen molar-refractivity contribution in [2.75, 3.05) is 13.1 Å². The van der Waals surface area contributed by atoms with Crippen LogP contribution in [0.1, 0.15) is 33.3 Å². The lowest BCUT2D eigenvalue weighted by atomic mass is 9.86. The molecule has 0 unspecified atom stereocenters. The van der Waals surface area contributed by atoms with Crippen molar-refractivity contribution in [1.29, 1.82) is 0 Å². The first-order valence-electron chi connectivity index (χ1n) is 6.97. The van der Waals surface area contributed by atoms with E-state index in [1.165, 1.54) is 4.31 Å². The molecule has 1 N–H and O–H groups in total. The summed E-state index contributed by atoms with van der Waals surface area (Å²) < 4.78 is 26.1. The third-order valence-corrected chi connectivity index (χ3v) is 5.56. The Morgan fingerprint density at radius 1 is 1.14 bits per heavy atom. The Balaban J connectivity index is 3.01. The van der Waals surface area contributed by atoms with Gasteiger partial charge in [-0.25, -0.2) is 8.42 Å². The van der Waals surface area contributed by atoms with Gasteiger partial charge in [0.1, 0.15) is 0 Å². The maximum absolute atomic E-state index is 12.3. The van der Waals surface area contributed by atoms with Crippen LogP contribution in [0.2, 0.25) is 0 Å². The second-order valence-corrected chi connectivity index (χ2v) is 7.54. The number of aliphatic carboxylic acids is 1. The van der Waals surface area contributed by atoms with Gasteiger partial charge < -0.3 is 5.11 Å². The van der Waals surface area contributed by atoms with Gasteiger partial charge in [0.05, 0.1) is 10.3 Å². The summed E-state index contributed by atoms with van der Waals surface area (Å²) in [6.07, 6.45) is 0.355. The molecule has 0 spiro atoms. The fourth-order valence-electron chi connectivity index (χ4n) is 2.08. The van der Waals surface area contributed by atoms with Crippen molar-refractivity contribution < 1.29 is 18.3 Å². The van der Waals surface area contributed by atoms with Crippen LogP contribution in [0.5, 0.6) is 0 Å². The number of carbonyl (C=O) groups is 1. The van der Waals surface area contributed by atoms with Gasteiger partial charge in [-0.2, -0.15) is 4.31 Å². The number of carboxylic acids is 1. The normalized spacial score (nSPS) is 12.6. The minimum Gasteiger partial charge on any atom is -0.481 e. The molecule has 118 valence electrons. The zero-order valence-electron chi connectivity index (χ0n) is 13.0. The van der Waals surface area contributed by atoms with E-state index in [4.69, 9.17) is 5.11 Å². The highest BCUT2D eigenvalue weighted by Crippen LogP contribution is 2.23. The van der Waals surface area contributed by atoms with Crippen molar-refractivity contribution in [3.63, 3.8) is 0 Å². The summed E-state index contributed by atoms with van der Waals surface area (Å²) in [5.74, 6) is -0.873. The van der Waals surface area contributed by atoms with E-state index >= 15 is 0 Å². The van der Waals surface area contributed by atoms with Gasteiger partial charge in [-0.15, -0.1) is 0 Å². The van der Waals surface area contributed by atoms with Gasteiger partial charge >= 0.3 is 5.97 Å². The van der Waals surface area contributed by atoms with E-state index in [1.54, 1.807) is 52.0 Å². The van der Waals surface area contributed by atoms with E-state index < -0.39 is 21.4 Å². The Morgan fingerprint density at radius 2 is 1.62 bits per heavy atom. The predicted octanol–water partition coefficient (Wildman–Crippen LogP) is 2.37. The van der Waals surface area contributed by atoms with E-state index in [-0.39, 0.29) is 4.90 Å². The summed E-state index contributed by atoms with van der Waals surface area (Å²) in [6.45, 7) is 7.74. The summed E-state index contributed by atoms with van der Waals surface area (Å²) in [5, 5.41) is 9.12. The fraction of sp³-hybridized carbons (Fsp3) is 0.533. The van der Waals surface area contributed by atoms with Gasteiger partial charge in [-0.05, 0) is 38.0 Å². The fourth-order valence-corrected chi connectivity index (χ4v) is 3.54. The van der Waals surface area contributed by atoms with Crippen LogP contribution in [0.4, 0.5) is 0 Å². The van der Waals surface area contributed by atoms with Crippen molar-refractivity contribution in [3.05, 3.63) is 29.8 Å². The first-order chi connectivity index (χ1) is 9.65. The van der Waals surface area contributed by atoms with E-state index in [9.17, 15) is 13.2 Å². The molecule has 0 aliphatic carbocycles. The van der Waals surface area contributed by atoms with Gasteiger partial charge in [-0.3, -0.25) is 4.79 Å². The summed E-state index contributed by atoms with van der Waals surface area (Å²) in [6, 6.07) is 6.45. The molecule has 1 aromatic carbocycles.